The summed E-state index contributed by atoms with van der Waals surface area (Å²) < 4.78 is 6.15. The third-order valence-electron chi connectivity index (χ3n) is 2.99. The van der Waals surface area contributed by atoms with Gasteiger partial charge >= 0.3 is 0 Å². The first-order chi connectivity index (χ1) is 5.64. The molecule has 1 rings (SSSR count). The first kappa shape index (κ1) is 9.92. The van der Waals surface area contributed by atoms with Crippen molar-refractivity contribution in [3.63, 3.8) is 0 Å². The average molecular weight is 175 g/mol. The highest BCUT2D eigenvalue weighted by molar-refractivity contribution is 4.53. The fraction of sp³-hybridized carbons (Fsp3) is 1.00. The minimum atomic E-state index is 0.173. The standard InChI is InChI=1S/C8H19N2O2/c1-4-10(8(2)12-3)6-5-9(11)7-10/h8,11H,4-7H2,1-3H3/q+1. The third kappa shape index (κ3) is 1.61. The van der Waals surface area contributed by atoms with Gasteiger partial charge in [0.1, 0.15) is 0 Å². The van der Waals surface area contributed by atoms with Crippen molar-refractivity contribution >= 4 is 0 Å². The Labute approximate surface area is 73.9 Å². The van der Waals surface area contributed by atoms with Crippen molar-refractivity contribution in [1.29, 1.82) is 0 Å². The van der Waals surface area contributed by atoms with Gasteiger partial charge in [-0.25, -0.2) is 0 Å². The summed E-state index contributed by atoms with van der Waals surface area (Å²) >= 11 is 0. The summed E-state index contributed by atoms with van der Waals surface area (Å²) in [6, 6.07) is 0. The summed E-state index contributed by atoms with van der Waals surface area (Å²) in [6.45, 7) is 7.61. The number of hydrogen-bond donors (Lipinski definition) is 1. The largest absolute Gasteiger partial charge is 0.333 e. The van der Waals surface area contributed by atoms with Gasteiger partial charge in [-0.15, -0.1) is 5.06 Å². The molecular weight excluding hydrogens is 156 g/mol. The highest BCUT2D eigenvalue weighted by atomic mass is 16.5. The van der Waals surface area contributed by atoms with Crippen molar-refractivity contribution in [1.82, 2.24) is 5.06 Å². The number of rotatable bonds is 3. The molecule has 2 atom stereocenters. The second kappa shape index (κ2) is 3.70. The van der Waals surface area contributed by atoms with Gasteiger partial charge in [-0.1, -0.05) is 0 Å². The second-order valence-electron chi connectivity index (χ2n) is 3.46. The highest BCUT2D eigenvalue weighted by Crippen LogP contribution is 2.19. The lowest BCUT2D eigenvalue weighted by molar-refractivity contribution is -0.963. The van der Waals surface area contributed by atoms with E-state index in [1.54, 1.807) is 7.11 Å². The molecule has 1 fully saturated rings. The van der Waals surface area contributed by atoms with Crippen molar-refractivity contribution in [3.05, 3.63) is 0 Å². The Morgan fingerprint density at radius 3 is 2.67 bits per heavy atom. The van der Waals surface area contributed by atoms with E-state index in [-0.39, 0.29) is 6.23 Å². The van der Waals surface area contributed by atoms with Gasteiger partial charge in [0.2, 0.25) is 0 Å². The molecule has 0 aliphatic carbocycles. The topological polar surface area (TPSA) is 32.7 Å². The molecular formula is C8H19N2O2+. The molecule has 0 aromatic heterocycles. The number of hydrogen-bond acceptors (Lipinski definition) is 3. The predicted octanol–water partition coefficient (Wildman–Crippen LogP) is 0.478. The van der Waals surface area contributed by atoms with Gasteiger partial charge in [-0.2, -0.15) is 0 Å². The number of hydroxylamine groups is 2. The van der Waals surface area contributed by atoms with E-state index in [2.05, 4.69) is 13.8 Å². The Hall–Kier alpha value is -0.160. The van der Waals surface area contributed by atoms with Crippen LogP contribution >= 0.6 is 0 Å². The van der Waals surface area contributed by atoms with Gasteiger partial charge in [-0.05, 0) is 6.92 Å². The quantitative estimate of drug-likeness (QED) is 0.633. The van der Waals surface area contributed by atoms with E-state index < -0.39 is 0 Å². The molecule has 0 aromatic carbocycles. The summed E-state index contributed by atoms with van der Waals surface area (Å²) in [4.78, 5) is 0. The number of likely N-dealkylation sites (N-methyl/N-ethyl adjacent to an activating group) is 1. The maximum atomic E-state index is 9.30. The normalized spacial score (nSPS) is 34.0. The molecule has 2 unspecified atom stereocenters. The van der Waals surface area contributed by atoms with E-state index in [9.17, 15) is 5.21 Å². The van der Waals surface area contributed by atoms with Crippen LogP contribution in [0.25, 0.3) is 0 Å². The van der Waals surface area contributed by atoms with E-state index in [0.717, 1.165) is 24.1 Å². The van der Waals surface area contributed by atoms with Gasteiger partial charge in [0.05, 0.1) is 19.6 Å². The fourth-order valence-electron chi connectivity index (χ4n) is 1.82. The molecule has 0 radical (unpaired) electrons. The smallest absolute Gasteiger partial charge is 0.191 e. The average Bonchev–Trinajstić information content (AvgIpc) is 2.47. The number of methoxy groups -OCH3 is 1. The predicted molar refractivity (Wildman–Crippen MR) is 45.5 cm³/mol. The van der Waals surface area contributed by atoms with Gasteiger partial charge in [0, 0.05) is 14.0 Å². The summed E-state index contributed by atoms with van der Waals surface area (Å²) in [5.74, 6) is 0. The Balaban J connectivity index is 2.63. The van der Waals surface area contributed by atoms with E-state index in [1.807, 2.05) is 0 Å². The van der Waals surface area contributed by atoms with Crippen molar-refractivity contribution < 1.29 is 14.4 Å². The molecule has 12 heavy (non-hydrogen) atoms. The fourth-order valence-corrected chi connectivity index (χ4v) is 1.82. The molecule has 0 saturated carbocycles. The van der Waals surface area contributed by atoms with Crippen LogP contribution in [0.1, 0.15) is 13.8 Å². The first-order valence-electron chi connectivity index (χ1n) is 4.47. The summed E-state index contributed by atoms with van der Waals surface area (Å²) in [5, 5.41) is 10.7. The van der Waals surface area contributed by atoms with Crippen LogP contribution in [-0.2, 0) is 4.74 Å². The number of nitrogens with zero attached hydrogens (tertiary/aromatic N) is 2. The molecule has 0 bridgehead atoms. The SMILES string of the molecule is CC[N+]1(C(C)OC)CCN(O)C1. The van der Waals surface area contributed by atoms with Crippen molar-refractivity contribution in [2.45, 2.75) is 20.1 Å². The van der Waals surface area contributed by atoms with E-state index in [0.29, 0.717) is 6.67 Å². The lowest BCUT2D eigenvalue weighted by Crippen LogP contribution is -2.53. The Kier molecular flexibility index (Phi) is 3.06. The minimum absolute atomic E-state index is 0.173. The molecule has 72 valence electrons. The Bertz CT molecular complexity index is 154. The third-order valence-corrected chi connectivity index (χ3v) is 2.99. The van der Waals surface area contributed by atoms with Gasteiger partial charge in [0.15, 0.2) is 12.9 Å². The van der Waals surface area contributed by atoms with Crippen molar-refractivity contribution in [3.8, 4) is 0 Å². The maximum Gasteiger partial charge on any atom is 0.191 e. The van der Waals surface area contributed by atoms with Gasteiger partial charge < -0.3 is 9.94 Å². The zero-order chi connectivity index (χ0) is 9.19. The van der Waals surface area contributed by atoms with Crippen LogP contribution < -0.4 is 0 Å². The van der Waals surface area contributed by atoms with Crippen LogP contribution in [0.2, 0.25) is 0 Å². The molecule has 0 aromatic rings. The minimum Gasteiger partial charge on any atom is -0.333 e. The van der Waals surface area contributed by atoms with Crippen molar-refractivity contribution in [2.75, 3.05) is 33.4 Å². The molecule has 1 aliphatic rings. The monoisotopic (exact) mass is 175 g/mol. The molecule has 4 heteroatoms. The zero-order valence-electron chi connectivity index (χ0n) is 8.16. The van der Waals surface area contributed by atoms with Crippen LogP contribution in [-0.4, -0.2) is 54.4 Å². The number of ether oxygens (including phenoxy) is 1. The lowest BCUT2D eigenvalue weighted by Gasteiger charge is -2.36. The Morgan fingerprint density at radius 2 is 2.33 bits per heavy atom. The zero-order valence-corrected chi connectivity index (χ0v) is 8.16. The molecule has 4 nitrogen and oxygen atoms in total. The first-order valence-corrected chi connectivity index (χ1v) is 4.47. The van der Waals surface area contributed by atoms with E-state index in [4.69, 9.17) is 4.74 Å². The number of quaternary nitrogens is 1. The molecule has 1 N–H and O–H groups in total. The Morgan fingerprint density at radius 1 is 1.67 bits per heavy atom. The van der Waals surface area contributed by atoms with Crippen LogP contribution in [0.5, 0.6) is 0 Å². The lowest BCUT2D eigenvalue weighted by atomic mass is 10.4. The summed E-state index contributed by atoms with van der Waals surface area (Å²) in [5.41, 5.74) is 0. The van der Waals surface area contributed by atoms with E-state index in [1.165, 1.54) is 5.06 Å². The second-order valence-corrected chi connectivity index (χ2v) is 3.46. The molecule has 0 spiro atoms. The van der Waals surface area contributed by atoms with Crippen LogP contribution in [0, 0.1) is 0 Å². The molecule has 1 aliphatic heterocycles. The molecule has 1 saturated heterocycles. The molecule has 0 amide bonds. The van der Waals surface area contributed by atoms with Crippen molar-refractivity contribution in [2.24, 2.45) is 0 Å². The van der Waals surface area contributed by atoms with E-state index >= 15 is 0 Å². The van der Waals surface area contributed by atoms with Crippen LogP contribution in [0.3, 0.4) is 0 Å². The van der Waals surface area contributed by atoms with Gasteiger partial charge in [0.25, 0.3) is 0 Å². The van der Waals surface area contributed by atoms with Crippen LogP contribution in [0.4, 0.5) is 0 Å². The highest BCUT2D eigenvalue weighted by Gasteiger charge is 2.39. The summed E-state index contributed by atoms with van der Waals surface area (Å²) in [7, 11) is 1.72. The van der Waals surface area contributed by atoms with Crippen LogP contribution in [0.15, 0.2) is 0 Å². The van der Waals surface area contributed by atoms with Gasteiger partial charge in [-0.3, -0.25) is 4.48 Å². The maximum absolute atomic E-state index is 9.30. The molecule has 1 heterocycles. The summed E-state index contributed by atoms with van der Waals surface area (Å²) in [6.07, 6.45) is 0.173.